The molecule has 0 atom stereocenters. The van der Waals surface area contributed by atoms with Gasteiger partial charge in [-0.05, 0) is 29.8 Å². The molecule has 0 aliphatic rings. The van der Waals surface area contributed by atoms with Gasteiger partial charge in [-0.2, -0.15) is 0 Å². The number of thiocarbonyl (C=S) groups is 1. The van der Waals surface area contributed by atoms with Gasteiger partial charge in [0.2, 0.25) is 0 Å². The van der Waals surface area contributed by atoms with Crippen LogP contribution in [0.25, 0.3) is 0 Å². The molecule has 0 saturated carbocycles. The molecule has 0 heterocycles. The molecule has 0 bridgehead atoms. The zero-order valence-electron chi connectivity index (χ0n) is 10.9. The van der Waals surface area contributed by atoms with Crippen molar-refractivity contribution in [3.05, 3.63) is 11.0 Å². The Hall–Kier alpha value is -0.550. The van der Waals surface area contributed by atoms with Crippen molar-refractivity contribution in [2.24, 2.45) is 0 Å². The van der Waals surface area contributed by atoms with Gasteiger partial charge in [-0.15, -0.1) is 11.8 Å². The number of carbonyl (C=O) groups is 1. The third-order valence-electron chi connectivity index (χ3n) is 2.46. The lowest BCUT2D eigenvalue weighted by molar-refractivity contribution is -0.136. The lowest BCUT2D eigenvalue weighted by atomic mass is 10.1. The van der Waals surface area contributed by atoms with Gasteiger partial charge in [-0.3, -0.25) is 4.79 Å². The van der Waals surface area contributed by atoms with Crippen LogP contribution >= 0.6 is 24.0 Å². The number of aliphatic hydroxyl groups excluding tert-OH is 1. The van der Waals surface area contributed by atoms with Gasteiger partial charge >= 0.3 is 5.97 Å². The SMILES string of the molecule is CCCCCCCCSC=C(CC(=O)O)C(O)=S. The highest BCUT2D eigenvalue weighted by atomic mass is 32.2. The van der Waals surface area contributed by atoms with Crippen LogP contribution in [0.5, 0.6) is 0 Å². The van der Waals surface area contributed by atoms with E-state index >= 15 is 0 Å². The van der Waals surface area contributed by atoms with Crippen LogP contribution in [0.3, 0.4) is 0 Å². The summed E-state index contributed by atoms with van der Waals surface area (Å²) in [5.74, 6) is -0.0319. The Bertz CT molecular complexity index is 288. The Morgan fingerprint density at radius 3 is 2.33 bits per heavy atom. The smallest absolute Gasteiger partial charge is 0.308 e. The lowest BCUT2D eigenvalue weighted by Gasteiger charge is -2.02. The van der Waals surface area contributed by atoms with Crippen LogP contribution in [-0.2, 0) is 4.79 Å². The van der Waals surface area contributed by atoms with Gasteiger partial charge in [-0.1, -0.05) is 39.0 Å². The van der Waals surface area contributed by atoms with Crippen LogP contribution in [0, 0.1) is 0 Å². The van der Waals surface area contributed by atoms with Crippen LogP contribution in [0.4, 0.5) is 0 Å². The summed E-state index contributed by atoms with van der Waals surface area (Å²) in [6, 6.07) is 0. The van der Waals surface area contributed by atoms with Gasteiger partial charge < -0.3 is 10.2 Å². The minimum Gasteiger partial charge on any atom is -0.499 e. The molecule has 0 radical (unpaired) electrons. The van der Waals surface area contributed by atoms with E-state index in [9.17, 15) is 4.79 Å². The van der Waals surface area contributed by atoms with Crippen LogP contribution in [0.1, 0.15) is 51.9 Å². The maximum Gasteiger partial charge on any atom is 0.308 e. The first-order valence-corrected chi connectivity index (χ1v) is 7.79. The third-order valence-corrected chi connectivity index (χ3v) is 3.70. The van der Waals surface area contributed by atoms with E-state index in [1.165, 1.54) is 43.9 Å². The van der Waals surface area contributed by atoms with E-state index in [2.05, 4.69) is 19.1 Å². The fourth-order valence-corrected chi connectivity index (χ4v) is 2.55. The number of rotatable bonds is 11. The van der Waals surface area contributed by atoms with Crippen LogP contribution in [-0.4, -0.2) is 27.0 Å². The molecule has 0 rings (SSSR count). The summed E-state index contributed by atoms with van der Waals surface area (Å²) in [5.41, 5.74) is 0.327. The van der Waals surface area contributed by atoms with E-state index in [4.69, 9.17) is 10.2 Å². The van der Waals surface area contributed by atoms with Crippen LogP contribution in [0.2, 0.25) is 0 Å². The molecule has 0 aromatic rings. The second-order valence-electron chi connectivity index (χ2n) is 4.16. The first-order chi connectivity index (χ1) is 8.57. The summed E-state index contributed by atoms with van der Waals surface area (Å²) >= 11 is 6.12. The molecule has 0 spiro atoms. The minimum atomic E-state index is -0.974. The molecule has 18 heavy (non-hydrogen) atoms. The number of thioether (sulfide) groups is 1. The summed E-state index contributed by atoms with van der Waals surface area (Å²) in [6.07, 6.45) is 7.22. The number of hydrogen-bond donors (Lipinski definition) is 2. The number of carboxylic acids is 1. The van der Waals surface area contributed by atoms with Gasteiger partial charge in [0.05, 0.1) is 6.42 Å². The maximum atomic E-state index is 10.5. The zero-order valence-corrected chi connectivity index (χ0v) is 12.5. The second-order valence-corrected chi connectivity index (χ2v) is 5.52. The van der Waals surface area contributed by atoms with Crippen molar-refractivity contribution in [2.75, 3.05) is 5.75 Å². The molecule has 0 amide bonds. The fourth-order valence-electron chi connectivity index (χ4n) is 1.46. The van der Waals surface area contributed by atoms with E-state index in [0.717, 1.165) is 12.2 Å². The van der Waals surface area contributed by atoms with Gasteiger partial charge in [0.1, 0.15) is 0 Å². The number of hydrogen-bond acceptors (Lipinski definition) is 3. The van der Waals surface area contributed by atoms with Gasteiger partial charge in [0, 0.05) is 5.57 Å². The van der Waals surface area contributed by atoms with Crippen LogP contribution in [0.15, 0.2) is 11.0 Å². The topological polar surface area (TPSA) is 57.5 Å². The molecule has 0 fully saturated rings. The van der Waals surface area contributed by atoms with Crippen LogP contribution < -0.4 is 0 Å². The first kappa shape index (κ1) is 17.4. The summed E-state index contributed by atoms with van der Waals surface area (Å²) in [4.78, 5) is 10.5. The monoisotopic (exact) mass is 290 g/mol. The van der Waals surface area contributed by atoms with Gasteiger partial charge in [0.25, 0.3) is 0 Å². The molecule has 0 aliphatic carbocycles. The Balaban J connectivity index is 3.70. The number of aliphatic hydroxyl groups is 1. The minimum absolute atomic E-state index is 0.209. The summed E-state index contributed by atoms with van der Waals surface area (Å²) in [7, 11) is 0. The van der Waals surface area contributed by atoms with Gasteiger partial charge in [0.15, 0.2) is 5.05 Å². The lowest BCUT2D eigenvalue weighted by Crippen LogP contribution is -2.04. The fraction of sp³-hybridized carbons (Fsp3) is 0.692. The largest absolute Gasteiger partial charge is 0.499 e. The summed E-state index contributed by atoms with van der Waals surface area (Å²) < 4.78 is 0. The number of carboxylic acid groups (broad SMARTS) is 1. The third kappa shape index (κ3) is 10.6. The second kappa shape index (κ2) is 11.5. The van der Waals surface area contributed by atoms with Gasteiger partial charge in [-0.25, -0.2) is 0 Å². The van der Waals surface area contributed by atoms with E-state index in [0.29, 0.717) is 5.57 Å². The Morgan fingerprint density at radius 1 is 1.17 bits per heavy atom. The van der Waals surface area contributed by atoms with Crippen molar-refractivity contribution < 1.29 is 15.0 Å². The molecule has 5 heteroatoms. The molecule has 0 saturated heterocycles. The number of unbranched alkanes of at least 4 members (excludes halogenated alkanes) is 5. The quantitative estimate of drug-likeness (QED) is 0.337. The predicted octanol–water partition coefficient (Wildman–Crippen LogP) is 4.32. The molecular weight excluding hydrogens is 268 g/mol. The molecule has 0 aromatic heterocycles. The van der Waals surface area contributed by atoms with E-state index in [1.807, 2.05) is 0 Å². The highest BCUT2D eigenvalue weighted by Crippen LogP contribution is 2.15. The zero-order chi connectivity index (χ0) is 13.8. The maximum absolute atomic E-state index is 10.5. The average Bonchev–Trinajstić information content (AvgIpc) is 2.30. The molecule has 104 valence electrons. The van der Waals surface area contributed by atoms with Crippen molar-refractivity contribution >= 4 is 35.0 Å². The van der Waals surface area contributed by atoms with Crippen molar-refractivity contribution in [1.82, 2.24) is 0 Å². The van der Waals surface area contributed by atoms with E-state index in [-0.39, 0.29) is 11.5 Å². The molecule has 0 aromatic carbocycles. The highest BCUT2D eigenvalue weighted by Gasteiger charge is 2.07. The number of aliphatic carboxylic acids is 1. The summed E-state index contributed by atoms with van der Waals surface area (Å²) in [6.45, 7) is 2.20. The Kier molecular flexibility index (Phi) is 11.2. The molecule has 3 nitrogen and oxygen atoms in total. The summed E-state index contributed by atoms with van der Waals surface area (Å²) in [5, 5.41) is 19.1. The van der Waals surface area contributed by atoms with Crippen molar-refractivity contribution in [3.8, 4) is 0 Å². The first-order valence-electron chi connectivity index (χ1n) is 6.33. The molecule has 0 unspecified atom stereocenters. The van der Waals surface area contributed by atoms with E-state index < -0.39 is 5.97 Å². The van der Waals surface area contributed by atoms with Crippen molar-refractivity contribution in [1.29, 1.82) is 0 Å². The average molecular weight is 290 g/mol. The molecule has 0 aliphatic heterocycles. The standard InChI is InChI=1S/C13H22O3S2/c1-2-3-4-5-6-7-8-18-10-11(13(16)17)9-12(14)15/h10H,2-9H2,1H3,(H,14,15)(H,16,17). The Labute approximate surface area is 119 Å². The van der Waals surface area contributed by atoms with E-state index in [1.54, 1.807) is 5.41 Å². The highest BCUT2D eigenvalue weighted by molar-refractivity contribution is 8.02. The predicted molar refractivity (Wildman–Crippen MR) is 81.4 cm³/mol. The Morgan fingerprint density at radius 2 is 1.78 bits per heavy atom. The van der Waals surface area contributed by atoms with Crippen molar-refractivity contribution in [3.63, 3.8) is 0 Å². The molecule has 2 N–H and O–H groups in total. The molecular formula is C13H22O3S2. The normalized spacial score (nSPS) is 11.5. The van der Waals surface area contributed by atoms with Crippen molar-refractivity contribution in [2.45, 2.75) is 51.9 Å².